The number of nitrogens with one attached hydrogen (secondary N) is 1. The molecule has 56 valence electrons. The number of fused-ring (bicyclic) bond motifs is 1. The van der Waals surface area contributed by atoms with Crippen LogP contribution < -0.4 is 0 Å². The fraction of sp³-hybridized carbons (Fsp3) is 0. The van der Waals surface area contributed by atoms with Crippen molar-refractivity contribution in [1.29, 1.82) is 0 Å². The van der Waals surface area contributed by atoms with E-state index in [1.54, 1.807) is 6.20 Å². The lowest BCUT2D eigenvalue weighted by atomic mass is 10.5. The van der Waals surface area contributed by atoms with Crippen LogP contribution in [0.5, 0.6) is 0 Å². The fourth-order valence-electron chi connectivity index (χ4n) is 0.762. The Morgan fingerprint density at radius 1 is 1.55 bits per heavy atom. The quantitative estimate of drug-likeness (QED) is 0.593. The predicted molar refractivity (Wildman–Crippen MR) is 52.1 cm³/mol. The van der Waals surface area contributed by atoms with Crippen LogP contribution >= 0.6 is 38.5 Å². The largest absolute Gasteiger partial charge is 0.274 e. The Hall–Kier alpha value is -0.240. The minimum absolute atomic E-state index is 0.587. The molecule has 0 unspecified atom stereocenters. The van der Waals surface area contributed by atoms with Gasteiger partial charge in [-0.05, 0) is 38.5 Å². The first kappa shape index (κ1) is 7.41. The Balaban J connectivity index is 2.87. The Kier molecular flexibility index (Phi) is 1.80. The van der Waals surface area contributed by atoms with Gasteiger partial charge in [0.2, 0.25) is 0 Å². The molecule has 0 saturated heterocycles. The number of aromatic nitrogens is 4. The van der Waals surface area contributed by atoms with Crippen LogP contribution in [0.1, 0.15) is 0 Å². The van der Waals surface area contributed by atoms with Crippen molar-refractivity contribution in [3.05, 3.63) is 14.6 Å². The maximum Gasteiger partial charge on any atom is 0.197 e. The van der Waals surface area contributed by atoms with Crippen LogP contribution in [0.15, 0.2) is 10.9 Å². The zero-order valence-electron chi connectivity index (χ0n) is 5.17. The molecule has 11 heavy (non-hydrogen) atoms. The van der Waals surface area contributed by atoms with E-state index in [9.17, 15) is 0 Å². The summed E-state index contributed by atoms with van der Waals surface area (Å²) in [6.45, 7) is 0. The summed E-state index contributed by atoms with van der Waals surface area (Å²) in [5, 5.41) is 6.79. The van der Waals surface area contributed by atoms with Crippen molar-refractivity contribution in [3.63, 3.8) is 0 Å². The number of nitrogens with zero attached hydrogens (tertiary/aromatic N) is 3. The normalized spacial score (nSPS) is 10.7. The molecule has 0 aliphatic carbocycles. The summed E-state index contributed by atoms with van der Waals surface area (Å²) in [7, 11) is 0. The summed E-state index contributed by atoms with van der Waals surface area (Å²) in [6, 6.07) is 0. The second kappa shape index (κ2) is 2.67. The maximum absolute atomic E-state index is 4.14. The highest BCUT2D eigenvalue weighted by atomic mass is 127. The van der Waals surface area contributed by atoms with Gasteiger partial charge in [0.15, 0.2) is 4.73 Å². The molecular weight excluding hydrogens is 323 g/mol. The van der Waals surface area contributed by atoms with Crippen LogP contribution in [0, 0.1) is 3.70 Å². The molecule has 2 aromatic heterocycles. The molecule has 0 amide bonds. The van der Waals surface area contributed by atoms with Gasteiger partial charge in [-0.3, -0.25) is 5.10 Å². The van der Waals surface area contributed by atoms with E-state index in [1.807, 2.05) is 0 Å². The van der Waals surface area contributed by atoms with Gasteiger partial charge in [-0.2, -0.15) is 5.10 Å². The molecule has 0 aliphatic rings. The van der Waals surface area contributed by atoms with Crippen LogP contribution in [-0.4, -0.2) is 20.2 Å². The highest BCUT2D eigenvalue weighted by Crippen LogP contribution is 2.15. The van der Waals surface area contributed by atoms with Gasteiger partial charge in [-0.25, -0.2) is 9.97 Å². The minimum atomic E-state index is 0.587. The van der Waals surface area contributed by atoms with Gasteiger partial charge >= 0.3 is 0 Å². The first-order chi connectivity index (χ1) is 5.27. The van der Waals surface area contributed by atoms with Crippen LogP contribution in [0.2, 0.25) is 0 Å². The lowest BCUT2D eigenvalue weighted by Gasteiger charge is -1.87. The molecule has 0 fully saturated rings. The number of aromatic amines is 1. The van der Waals surface area contributed by atoms with Crippen molar-refractivity contribution in [2.45, 2.75) is 0 Å². The van der Waals surface area contributed by atoms with E-state index in [1.165, 1.54) is 0 Å². The third kappa shape index (κ3) is 1.24. The van der Waals surface area contributed by atoms with Crippen molar-refractivity contribution < 1.29 is 0 Å². The van der Waals surface area contributed by atoms with Gasteiger partial charge in [0.1, 0.15) is 14.7 Å². The third-order valence-corrected chi connectivity index (χ3v) is 2.36. The molecule has 0 atom stereocenters. The van der Waals surface area contributed by atoms with Gasteiger partial charge in [-0.15, -0.1) is 0 Å². The second-order valence-electron chi connectivity index (χ2n) is 1.92. The number of rotatable bonds is 0. The third-order valence-electron chi connectivity index (χ3n) is 1.23. The van der Waals surface area contributed by atoms with E-state index in [-0.39, 0.29) is 0 Å². The van der Waals surface area contributed by atoms with E-state index in [4.69, 9.17) is 0 Å². The van der Waals surface area contributed by atoms with E-state index in [0.717, 1.165) is 14.7 Å². The Bertz CT molecular complexity index is 398. The monoisotopic (exact) mass is 324 g/mol. The Morgan fingerprint density at radius 3 is 3.18 bits per heavy atom. The summed E-state index contributed by atoms with van der Waals surface area (Å²) < 4.78 is 1.45. The second-order valence-corrected chi connectivity index (χ2v) is 3.65. The van der Waals surface area contributed by atoms with E-state index in [2.05, 4.69) is 58.7 Å². The van der Waals surface area contributed by atoms with Crippen molar-refractivity contribution in [3.8, 4) is 0 Å². The Morgan fingerprint density at radius 2 is 2.36 bits per heavy atom. The van der Waals surface area contributed by atoms with Crippen LogP contribution in [0.4, 0.5) is 0 Å². The summed E-state index contributed by atoms with van der Waals surface area (Å²) in [6.07, 6.45) is 1.70. The molecule has 4 nitrogen and oxygen atoms in total. The number of H-pyrrole nitrogens is 1. The molecule has 0 spiro atoms. The number of hydrogen-bond donors (Lipinski definition) is 1. The summed E-state index contributed by atoms with van der Waals surface area (Å²) in [4.78, 5) is 8.09. The van der Waals surface area contributed by atoms with Crippen molar-refractivity contribution >= 4 is 49.6 Å². The maximum atomic E-state index is 4.14. The van der Waals surface area contributed by atoms with Gasteiger partial charge in [0, 0.05) is 0 Å². The lowest BCUT2D eigenvalue weighted by Crippen LogP contribution is -1.81. The summed E-state index contributed by atoms with van der Waals surface area (Å²) in [5.41, 5.74) is 1.71. The molecule has 0 aromatic carbocycles. The summed E-state index contributed by atoms with van der Waals surface area (Å²) >= 11 is 5.30. The molecule has 2 aromatic rings. The minimum Gasteiger partial charge on any atom is -0.274 e. The highest BCUT2D eigenvalue weighted by molar-refractivity contribution is 14.1. The molecule has 0 aliphatic heterocycles. The molecule has 6 heteroatoms. The average Bonchev–Trinajstić information content (AvgIpc) is 2.33. The Labute approximate surface area is 84.1 Å². The van der Waals surface area contributed by atoms with Gasteiger partial charge < -0.3 is 0 Å². The zero-order valence-corrected chi connectivity index (χ0v) is 8.92. The summed E-state index contributed by atoms with van der Waals surface area (Å²) in [5.74, 6) is 0. The molecular formula is C5H2BrIN4. The zero-order chi connectivity index (χ0) is 7.84. The fourth-order valence-corrected chi connectivity index (χ4v) is 1.57. The molecule has 2 heterocycles. The highest BCUT2D eigenvalue weighted by Gasteiger charge is 2.03. The van der Waals surface area contributed by atoms with Crippen molar-refractivity contribution in [2.24, 2.45) is 0 Å². The predicted octanol–water partition coefficient (Wildman–Crippen LogP) is 1.72. The number of hydrogen-bond acceptors (Lipinski definition) is 3. The van der Waals surface area contributed by atoms with Crippen molar-refractivity contribution in [2.75, 3.05) is 0 Å². The van der Waals surface area contributed by atoms with Gasteiger partial charge in [0.25, 0.3) is 0 Å². The van der Waals surface area contributed by atoms with E-state index in [0.29, 0.717) is 4.73 Å². The molecule has 1 N–H and O–H groups in total. The average molecular weight is 325 g/mol. The SMILES string of the molecule is Brc1ncc2[nH]nc(I)c2n1. The number of halogens is 2. The first-order valence-corrected chi connectivity index (χ1v) is 4.66. The molecule has 0 saturated carbocycles. The molecule has 2 rings (SSSR count). The van der Waals surface area contributed by atoms with Crippen LogP contribution in [0.25, 0.3) is 11.0 Å². The topological polar surface area (TPSA) is 54.5 Å². The first-order valence-electron chi connectivity index (χ1n) is 2.79. The lowest BCUT2D eigenvalue weighted by molar-refractivity contribution is 1.09. The van der Waals surface area contributed by atoms with E-state index < -0.39 is 0 Å². The van der Waals surface area contributed by atoms with Gasteiger partial charge in [0.05, 0.1) is 6.20 Å². The van der Waals surface area contributed by atoms with Crippen LogP contribution in [0.3, 0.4) is 0 Å². The molecule has 0 radical (unpaired) electrons. The smallest absolute Gasteiger partial charge is 0.197 e. The van der Waals surface area contributed by atoms with Gasteiger partial charge in [-0.1, -0.05) is 0 Å². The standard InChI is InChI=1S/C5H2BrIN4/c6-5-8-1-2-3(9-5)4(7)11-10-2/h1H,(H,10,11). The molecule has 0 bridgehead atoms. The van der Waals surface area contributed by atoms with Crippen LogP contribution in [-0.2, 0) is 0 Å². The van der Waals surface area contributed by atoms with E-state index >= 15 is 0 Å². The van der Waals surface area contributed by atoms with Crippen molar-refractivity contribution in [1.82, 2.24) is 20.2 Å².